The van der Waals surface area contributed by atoms with Crippen molar-refractivity contribution >= 4 is 35.2 Å². The van der Waals surface area contributed by atoms with Gasteiger partial charge in [0, 0.05) is 31.3 Å². The van der Waals surface area contributed by atoms with E-state index in [9.17, 15) is 14.4 Å². The minimum absolute atomic E-state index is 0.0500. The summed E-state index contributed by atoms with van der Waals surface area (Å²) in [5.41, 5.74) is 1.70. The van der Waals surface area contributed by atoms with Crippen molar-refractivity contribution in [3.63, 3.8) is 0 Å². The average Bonchev–Trinajstić information content (AvgIpc) is 2.54. The number of rotatable bonds is 6. The number of anilines is 1. The fourth-order valence-electron chi connectivity index (χ4n) is 2.52. The highest BCUT2D eigenvalue weighted by atomic mass is 32.2. The lowest BCUT2D eigenvalue weighted by Gasteiger charge is -2.35. The van der Waals surface area contributed by atoms with Gasteiger partial charge in [-0.05, 0) is 24.6 Å². The standard InChI is InChI=1S/C17H22N2O4S/c1-3-23-16(22)8-10-19-15(21)9-11-24-17(19)13-4-6-14(7-5-13)18-12(2)20/h4-7,17H,3,8-11H2,1-2H3,(H,18,20). The topological polar surface area (TPSA) is 75.7 Å². The van der Waals surface area contributed by atoms with Crippen LogP contribution in [-0.2, 0) is 19.1 Å². The van der Waals surface area contributed by atoms with Crippen LogP contribution < -0.4 is 5.32 Å². The Kier molecular flexibility index (Phi) is 6.66. The Bertz CT molecular complexity index is 603. The molecule has 6 nitrogen and oxygen atoms in total. The van der Waals surface area contributed by atoms with Gasteiger partial charge in [0.15, 0.2) is 0 Å². The minimum Gasteiger partial charge on any atom is -0.466 e. The highest BCUT2D eigenvalue weighted by Crippen LogP contribution is 2.37. The molecule has 1 fully saturated rings. The summed E-state index contributed by atoms with van der Waals surface area (Å²) < 4.78 is 4.94. The fourth-order valence-corrected chi connectivity index (χ4v) is 3.79. The van der Waals surface area contributed by atoms with Crippen LogP contribution in [0.2, 0.25) is 0 Å². The number of esters is 1. The summed E-state index contributed by atoms with van der Waals surface area (Å²) in [6.07, 6.45) is 0.675. The lowest BCUT2D eigenvalue weighted by Crippen LogP contribution is -2.38. The summed E-state index contributed by atoms with van der Waals surface area (Å²) >= 11 is 1.68. The molecule has 2 amide bonds. The van der Waals surface area contributed by atoms with Gasteiger partial charge in [0.1, 0.15) is 5.37 Å². The first-order valence-electron chi connectivity index (χ1n) is 7.95. The Balaban J connectivity index is 2.08. The maximum atomic E-state index is 12.3. The quantitative estimate of drug-likeness (QED) is 0.798. The number of carbonyl (C=O) groups is 3. The molecule has 0 aliphatic carbocycles. The lowest BCUT2D eigenvalue weighted by atomic mass is 10.1. The van der Waals surface area contributed by atoms with E-state index < -0.39 is 0 Å². The van der Waals surface area contributed by atoms with Crippen LogP contribution in [-0.4, -0.2) is 41.6 Å². The van der Waals surface area contributed by atoms with E-state index in [0.29, 0.717) is 19.6 Å². The van der Waals surface area contributed by atoms with Crippen molar-refractivity contribution in [2.24, 2.45) is 0 Å². The zero-order valence-electron chi connectivity index (χ0n) is 13.9. The van der Waals surface area contributed by atoms with Gasteiger partial charge in [0.25, 0.3) is 0 Å². The van der Waals surface area contributed by atoms with Gasteiger partial charge in [-0.25, -0.2) is 0 Å². The molecule has 1 aromatic carbocycles. The van der Waals surface area contributed by atoms with E-state index in [2.05, 4.69) is 5.32 Å². The summed E-state index contributed by atoms with van der Waals surface area (Å²) in [5.74, 6) is 0.392. The first kappa shape index (κ1) is 18.3. The lowest BCUT2D eigenvalue weighted by molar-refractivity contribution is -0.144. The molecule has 2 rings (SSSR count). The Morgan fingerprint density at radius 1 is 1.33 bits per heavy atom. The SMILES string of the molecule is CCOC(=O)CCN1C(=O)CCSC1c1ccc(NC(C)=O)cc1. The van der Waals surface area contributed by atoms with Gasteiger partial charge in [-0.2, -0.15) is 0 Å². The number of nitrogens with one attached hydrogen (secondary N) is 1. The van der Waals surface area contributed by atoms with Crippen LogP contribution in [0.5, 0.6) is 0 Å². The number of nitrogens with zero attached hydrogens (tertiary/aromatic N) is 1. The molecule has 0 bridgehead atoms. The van der Waals surface area contributed by atoms with Crippen molar-refractivity contribution in [2.75, 3.05) is 24.2 Å². The Labute approximate surface area is 145 Å². The normalized spacial score (nSPS) is 17.5. The molecule has 1 aliphatic heterocycles. The largest absolute Gasteiger partial charge is 0.466 e. The second-order valence-corrected chi connectivity index (χ2v) is 6.61. The molecule has 24 heavy (non-hydrogen) atoms. The van der Waals surface area contributed by atoms with Crippen molar-refractivity contribution in [1.29, 1.82) is 0 Å². The van der Waals surface area contributed by atoms with Gasteiger partial charge in [0.05, 0.1) is 13.0 Å². The van der Waals surface area contributed by atoms with Crippen LogP contribution in [0.15, 0.2) is 24.3 Å². The predicted octanol–water partition coefficient (Wildman–Crippen LogP) is 2.56. The molecular weight excluding hydrogens is 328 g/mol. The number of ether oxygens (including phenoxy) is 1. The van der Waals surface area contributed by atoms with E-state index in [-0.39, 0.29) is 29.6 Å². The van der Waals surface area contributed by atoms with Crippen molar-refractivity contribution in [2.45, 2.75) is 32.1 Å². The Morgan fingerprint density at radius 3 is 2.67 bits per heavy atom. The van der Waals surface area contributed by atoms with Gasteiger partial charge in [-0.15, -0.1) is 11.8 Å². The van der Waals surface area contributed by atoms with Gasteiger partial charge in [-0.3, -0.25) is 14.4 Å². The van der Waals surface area contributed by atoms with Crippen LogP contribution in [0.25, 0.3) is 0 Å². The molecule has 0 radical (unpaired) electrons. The maximum Gasteiger partial charge on any atom is 0.307 e. The highest BCUT2D eigenvalue weighted by molar-refractivity contribution is 7.99. The zero-order chi connectivity index (χ0) is 17.5. The molecule has 7 heteroatoms. The van der Waals surface area contributed by atoms with E-state index in [1.807, 2.05) is 24.3 Å². The first-order chi connectivity index (χ1) is 11.5. The molecule has 1 unspecified atom stereocenters. The van der Waals surface area contributed by atoms with E-state index in [1.54, 1.807) is 23.6 Å². The molecule has 1 aliphatic rings. The minimum atomic E-state index is -0.291. The van der Waals surface area contributed by atoms with Crippen molar-refractivity contribution in [3.8, 4) is 0 Å². The molecule has 0 saturated carbocycles. The third-order valence-electron chi connectivity index (χ3n) is 3.57. The monoisotopic (exact) mass is 350 g/mol. The maximum absolute atomic E-state index is 12.3. The second-order valence-electron chi connectivity index (χ2n) is 5.42. The zero-order valence-corrected chi connectivity index (χ0v) is 14.7. The van der Waals surface area contributed by atoms with E-state index in [0.717, 1.165) is 17.0 Å². The van der Waals surface area contributed by atoms with E-state index in [4.69, 9.17) is 4.74 Å². The average molecular weight is 350 g/mol. The predicted molar refractivity (Wildman–Crippen MR) is 93.5 cm³/mol. The molecular formula is C17H22N2O4S. The van der Waals surface area contributed by atoms with Crippen LogP contribution in [0.1, 0.15) is 37.6 Å². The number of benzene rings is 1. The number of hydrogen-bond donors (Lipinski definition) is 1. The number of hydrogen-bond acceptors (Lipinski definition) is 5. The summed E-state index contributed by atoms with van der Waals surface area (Å²) in [5, 5.41) is 2.60. The van der Waals surface area contributed by atoms with E-state index in [1.165, 1.54) is 6.92 Å². The van der Waals surface area contributed by atoms with Crippen molar-refractivity contribution in [1.82, 2.24) is 4.90 Å². The van der Waals surface area contributed by atoms with E-state index >= 15 is 0 Å². The van der Waals surface area contributed by atoms with Crippen LogP contribution in [0.3, 0.4) is 0 Å². The summed E-state index contributed by atoms with van der Waals surface area (Å²) in [6, 6.07) is 7.44. The first-order valence-corrected chi connectivity index (χ1v) is 9.00. The van der Waals surface area contributed by atoms with Crippen LogP contribution >= 0.6 is 11.8 Å². The fraction of sp³-hybridized carbons (Fsp3) is 0.471. The molecule has 130 valence electrons. The number of thioether (sulfide) groups is 1. The third kappa shape index (κ3) is 4.99. The molecule has 1 aromatic rings. The summed E-state index contributed by atoms with van der Waals surface area (Å²) in [4.78, 5) is 36.7. The molecule has 1 heterocycles. The second kappa shape index (κ2) is 8.73. The van der Waals surface area contributed by atoms with Crippen LogP contribution in [0.4, 0.5) is 5.69 Å². The van der Waals surface area contributed by atoms with Gasteiger partial charge in [0.2, 0.25) is 11.8 Å². The third-order valence-corrected chi connectivity index (χ3v) is 4.86. The Morgan fingerprint density at radius 2 is 2.04 bits per heavy atom. The number of amides is 2. The molecule has 1 N–H and O–H groups in total. The molecule has 1 saturated heterocycles. The van der Waals surface area contributed by atoms with Gasteiger partial charge in [-0.1, -0.05) is 12.1 Å². The molecule has 0 spiro atoms. The highest BCUT2D eigenvalue weighted by Gasteiger charge is 2.30. The van der Waals surface area contributed by atoms with Gasteiger partial charge < -0.3 is 15.0 Å². The smallest absolute Gasteiger partial charge is 0.307 e. The molecule has 0 aromatic heterocycles. The number of carbonyl (C=O) groups excluding carboxylic acids is 3. The Hall–Kier alpha value is -2.02. The summed E-state index contributed by atoms with van der Waals surface area (Å²) in [6.45, 7) is 3.91. The summed E-state index contributed by atoms with van der Waals surface area (Å²) in [7, 11) is 0. The van der Waals surface area contributed by atoms with Crippen LogP contribution in [0, 0.1) is 0 Å². The van der Waals surface area contributed by atoms with Gasteiger partial charge >= 0.3 is 5.97 Å². The van der Waals surface area contributed by atoms with Crippen molar-refractivity contribution < 1.29 is 19.1 Å². The molecule has 1 atom stereocenters. The van der Waals surface area contributed by atoms with Crippen molar-refractivity contribution in [3.05, 3.63) is 29.8 Å².